The molecule has 2 aromatic carbocycles. The molecule has 0 bridgehead atoms. The smallest absolute Gasteiger partial charge is 0.309 e. The quantitative estimate of drug-likeness (QED) is 0.868. The first-order valence-electron chi connectivity index (χ1n) is 6.80. The zero-order chi connectivity index (χ0) is 15.5. The molecule has 0 atom stereocenters. The Kier molecular flexibility index (Phi) is 4.68. The molecule has 0 saturated carbocycles. The molecule has 0 aliphatic carbocycles. The molecule has 4 heteroatoms. The molecule has 0 radical (unpaired) electrons. The van der Waals surface area contributed by atoms with Gasteiger partial charge in [0.2, 0.25) is 0 Å². The van der Waals surface area contributed by atoms with Crippen LogP contribution in [0.1, 0.15) is 27.8 Å². The van der Waals surface area contributed by atoms with Crippen molar-refractivity contribution in [2.45, 2.75) is 33.1 Å². The Hall–Kier alpha value is -1.81. The summed E-state index contributed by atoms with van der Waals surface area (Å²) >= 11 is 0. The fraction of sp³-hybridized carbons (Fsp3) is 0.294. The summed E-state index contributed by atoms with van der Waals surface area (Å²) in [6, 6.07) is 11.7. The average molecular weight is 293 g/mol. The van der Waals surface area contributed by atoms with Gasteiger partial charge in [-0.25, -0.2) is 0 Å². The molecule has 21 heavy (non-hydrogen) atoms. The fourth-order valence-corrected chi connectivity index (χ4v) is 2.40. The van der Waals surface area contributed by atoms with E-state index in [-0.39, 0.29) is 12.1 Å². The van der Waals surface area contributed by atoms with Gasteiger partial charge in [0.1, 0.15) is 0 Å². The van der Waals surface area contributed by atoms with Crippen LogP contribution in [0.3, 0.4) is 0 Å². The summed E-state index contributed by atoms with van der Waals surface area (Å²) in [6.45, 7) is 4.77. The third kappa shape index (κ3) is 3.85. The highest BCUT2D eigenvalue weighted by molar-refractivity contribution is 5.34. The second-order valence-corrected chi connectivity index (χ2v) is 5.13. The van der Waals surface area contributed by atoms with Crippen molar-refractivity contribution in [1.82, 2.24) is 5.32 Å². The van der Waals surface area contributed by atoms with Gasteiger partial charge in [-0.15, -0.1) is 0 Å². The van der Waals surface area contributed by atoms with Gasteiger partial charge < -0.3 is 5.32 Å². The fourth-order valence-electron chi connectivity index (χ4n) is 2.40. The molecule has 2 rings (SSSR count). The molecule has 0 spiro atoms. The van der Waals surface area contributed by atoms with Gasteiger partial charge in [0.25, 0.3) is 0 Å². The predicted molar refractivity (Wildman–Crippen MR) is 77.9 cm³/mol. The molecule has 0 saturated heterocycles. The number of hydrogen-bond acceptors (Lipinski definition) is 1. The third-order valence-corrected chi connectivity index (χ3v) is 3.58. The molecule has 0 aliphatic heterocycles. The number of rotatable bonds is 4. The van der Waals surface area contributed by atoms with Gasteiger partial charge >= 0.3 is 6.18 Å². The Morgan fingerprint density at radius 3 is 2.10 bits per heavy atom. The van der Waals surface area contributed by atoms with Crippen LogP contribution < -0.4 is 5.32 Å². The van der Waals surface area contributed by atoms with E-state index in [0.29, 0.717) is 6.54 Å². The summed E-state index contributed by atoms with van der Waals surface area (Å²) in [7, 11) is 0. The molecule has 0 amide bonds. The second kappa shape index (κ2) is 6.31. The van der Waals surface area contributed by atoms with Crippen LogP contribution in [-0.2, 0) is 19.3 Å². The van der Waals surface area contributed by atoms with Gasteiger partial charge in [-0.2, -0.15) is 13.2 Å². The highest BCUT2D eigenvalue weighted by Crippen LogP contribution is 2.31. The van der Waals surface area contributed by atoms with Crippen molar-refractivity contribution >= 4 is 0 Å². The van der Waals surface area contributed by atoms with E-state index in [1.54, 1.807) is 6.07 Å². The lowest BCUT2D eigenvalue weighted by Crippen LogP contribution is -2.18. The summed E-state index contributed by atoms with van der Waals surface area (Å²) in [5.41, 5.74) is 3.13. The largest absolute Gasteiger partial charge is 0.416 e. The van der Waals surface area contributed by atoms with Gasteiger partial charge in [0, 0.05) is 13.1 Å². The summed E-state index contributed by atoms with van der Waals surface area (Å²) in [6.07, 6.45) is -4.31. The zero-order valence-electron chi connectivity index (χ0n) is 12.1. The molecular weight excluding hydrogens is 275 g/mol. The maximum Gasteiger partial charge on any atom is 0.416 e. The van der Waals surface area contributed by atoms with Crippen LogP contribution in [0.25, 0.3) is 0 Å². The van der Waals surface area contributed by atoms with Gasteiger partial charge in [-0.3, -0.25) is 0 Å². The van der Waals surface area contributed by atoms with Crippen LogP contribution in [0, 0.1) is 13.8 Å². The first-order valence-corrected chi connectivity index (χ1v) is 6.80. The van der Waals surface area contributed by atoms with Gasteiger partial charge in [0.05, 0.1) is 5.56 Å². The van der Waals surface area contributed by atoms with Crippen molar-refractivity contribution in [3.05, 3.63) is 70.3 Å². The van der Waals surface area contributed by atoms with E-state index < -0.39 is 11.7 Å². The highest BCUT2D eigenvalue weighted by Gasteiger charge is 2.32. The minimum absolute atomic E-state index is 0.198. The van der Waals surface area contributed by atoms with Crippen molar-refractivity contribution in [1.29, 1.82) is 0 Å². The lowest BCUT2D eigenvalue weighted by molar-refractivity contribution is -0.138. The maximum atomic E-state index is 12.9. The number of benzene rings is 2. The summed E-state index contributed by atoms with van der Waals surface area (Å²) in [5, 5.41) is 3.11. The Morgan fingerprint density at radius 2 is 1.48 bits per heavy atom. The van der Waals surface area contributed by atoms with E-state index in [0.717, 1.165) is 22.8 Å². The lowest BCUT2D eigenvalue weighted by Gasteiger charge is -2.14. The molecule has 1 nitrogen and oxygen atoms in total. The Morgan fingerprint density at radius 1 is 0.857 bits per heavy atom. The normalized spacial score (nSPS) is 11.7. The molecule has 112 valence electrons. The Bertz CT molecular complexity index is 597. The van der Waals surface area contributed by atoms with E-state index in [4.69, 9.17) is 0 Å². The van der Waals surface area contributed by atoms with Crippen LogP contribution >= 0.6 is 0 Å². The van der Waals surface area contributed by atoms with Crippen LogP contribution in [0.4, 0.5) is 13.2 Å². The van der Waals surface area contributed by atoms with Crippen LogP contribution in [0.15, 0.2) is 42.5 Å². The molecule has 0 aliphatic rings. The van der Waals surface area contributed by atoms with E-state index in [2.05, 4.69) is 5.32 Å². The van der Waals surface area contributed by atoms with Gasteiger partial charge in [0.15, 0.2) is 0 Å². The van der Waals surface area contributed by atoms with Crippen molar-refractivity contribution in [3.63, 3.8) is 0 Å². The monoisotopic (exact) mass is 293 g/mol. The first-order chi connectivity index (χ1) is 9.89. The highest BCUT2D eigenvalue weighted by atomic mass is 19.4. The minimum atomic E-state index is -4.31. The molecule has 0 fully saturated rings. The number of alkyl halides is 3. The topological polar surface area (TPSA) is 12.0 Å². The van der Waals surface area contributed by atoms with E-state index in [1.807, 2.05) is 32.0 Å². The molecular formula is C17H18F3N. The lowest BCUT2D eigenvalue weighted by atomic mass is 10.0. The Balaban J connectivity index is 2.08. The van der Waals surface area contributed by atoms with Gasteiger partial charge in [-0.1, -0.05) is 36.4 Å². The van der Waals surface area contributed by atoms with Crippen LogP contribution in [0.5, 0.6) is 0 Å². The standard InChI is InChI=1S/C17H18F3N/c1-12-6-5-7-13(2)15(12)11-21-10-14-8-3-4-9-16(14)17(18,19)20/h3-9,21H,10-11H2,1-2H3. The maximum absolute atomic E-state index is 12.9. The van der Waals surface area contributed by atoms with Gasteiger partial charge in [-0.05, 0) is 42.2 Å². The molecule has 2 aromatic rings. The zero-order valence-corrected chi connectivity index (χ0v) is 12.1. The third-order valence-electron chi connectivity index (χ3n) is 3.58. The van der Waals surface area contributed by atoms with Crippen LogP contribution in [0.2, 0.25) is 0 Å². The molecule has 0 unspecified atom stereocenters. The van der Waals surface area contributed by atoms with Crippen molar-refractivity contribution in [2.24, 2.45) is 0 Å². The number of aryl methyl sites for hydroxylation is 2. The second-order valence-electron chi connectivity index (χ2n) is 5.13. The SMILES string of the molecule is Cc1cccc(C)c1CNCc1ccccc1C(F)(F)F. The summed E-state index contributed by atoms with van der Waals surface area (Å²) < 4.78 is 38.7. The van der Waals surface area contributed by atoms with Crippen molar-refractivity contribution < 1.29 is 13.2 Å². The van der Waals surface area contributed by atoms with Crippen molar-refractivity contribution in [2.75, 3.05) is 0 Å². The molecule has 0 aromatic heterocycles. The average Bonchev–Trinajstić information content (AvgIpc) is 2.41. The Labute approximate surface area is 122 Å². The van der Waals surface area contributed by atoms with E-state index in [9.17, 15) is 13.2 Å². The van der Waals surface area contributed by atoms with E-state index >= 15 is 0 Å². The minimum Gasteiger partial charge on any atom is -0.309 e. The predicted octanol–water partition coefficient (Wildman–Crippen LogP) is 4.61. The van der Waals surface area contributed by atoms with Crippen LogP contribution in [-0.4, -0.2) is 0 Å². The number of halogens is 3. The summed E-state index contributed by atoms with van der Waals surface area (Å²) in [5.74, 6) is 0. The number of nitrogens with one attached hydrogen (secondary N) is 1. The first kappa shape index (κ1) is 15.6. The molecule has 0 heterocycles. The van der Waals surface area contributed by atoms with E-state index in [1.165, 1.54) is 12.1 Å². The van der Waals surface area contributed by atoms with Crippen molar-refractivity contribution in [3.8, 4) is 0 Å². The number of hydrogen-bond donors (Lipinski definition) is 1. The summed E-state index contributed by atoms with van der Waals surface area (Å²) in [4.78, 5) is 0. The molecule has 1 N–H and O–H groups in total.